The number of ether oxygens (including phenoxy) is 1. The number of amides is 3. The van der Waals surface area contributed by atoms with Crippen LogP contribution < -0.4 is 10.1 Å². The Kier molecular flexibility index (Phi) is 6.84. The fraction of sp³-hybridized carbons (Fsp3) is 0.318. The lowest BCUT2D eigenvalue weighted by Gasteiger charge is -2.34. The van der Waals surface area contributed by atoms with Gasteiger partial charge in [-0.05, 0) is 36.4 Å². The average molecular weight is 395 g/mol. The van der Waals surface area contributed by atoms with Gasteiger partial charge in [-0.15, -0.1) is 0 Å². The summed E-state index contributed by atoms with van der Waals surface area (Å²) in [6.45, 7) is 3.66. The van der Waals surface area contributed by atoms with E-state index in [2.05, 4.69) is 5.32 Å². The average Bonchev–Trinajstić information content (AvgIpc) is 2.74. The summed E-state index contributed by atoms with van der Waals surface area (Å²) in [5.74, 6) is 1.17. The molecule has 1 aliphatic rings. The molecule has 0 saturated carbocycles. The van der Waals surface area contributed by atoms with Crippen LogP contribution in [0.1, 0.15) is 19.8 Å². The molecule has 1 aliphatic heterocycles. The molecule has 7 nitrogen and oxygen atoms in total. The number of rotatable bonds is 6. The summed E-state index contributed by atoms with van der Waals surface area (Å²) in [7, 11) is 0. The van der Waals surface area contributed by atoms with Crippen molar-refractivity contribution >= 4 is 23.4 Å². The van der Waals surface area contributed by atoms with Gasteiger partial charge in [0, 0.05) is 51.6 Å². The van der Waals surface area contributed by atoms with Crippen LogP contribution >= 0.6 is 0 Å². The monoisotopic (exact) mass is 395 g/mol. The van der Waals surface area contributed by atoms with E-state index in [1.165, 1.54) is 6.92 Å². The summed E-state index contributed by atoms with van der Waals surface area (Å²) < 4.78 is 5.72. The summed E-state index contributed by atoms with van der Waals surface area (Å²) in [6, 6.07) is 16.5. The van der Waals surface area contributed by atoms with Crippen LogP contribution in [-0.4, -0.2) is 53.7 Å². The lowest BCUT2D eigenvalue weighted by Crippen LogP contribution is -2.50. The van der Waals surface area contributed by atoms with Gasteiger partial charge >= 0.3 is 0 Å². The molecule has 3 rings (SSSR count). The van der Waals surface area contributed by atoms with E-state index >= 15 is 0 Å². The van der Waals surface area contributed by atoms with Gasteiger partial charge in [0.1, 0.15) is 11.5 Å². The second kappa shape index (κ2) is 9.73. The van der Waals surface area contributed by atoms with Gasteiger partial charge in [0.25, 0.3) is 0 Å². The number of hydrogen-bond donors (Lipinski definition) is 1. The van der Waals surface area contributed by atoms with Gasteiger partial charge in [-0.2, -0.15) is 0 Å². The molecule has 1 fully saturated rings. The summed E-state index contributed by atoms with van der Waals surface area (Å²) in [5.41, 5.74) is 0.651. The van der Waals surface area contributed by atoms with E-state index in [1.54, 1.807) is 34.1 Å². The second-order valence-corrected chi connectivity index (χ2v) is 6.87. The molecule has 1 saturated heterocycles. The maximum Gasteiger partial charge on any atom is 0.224 e. The van der Waals surface area contributed by atoms with E-state index in [0.29, 0.717) is 37.6 Å². The molecule has 2 aromatic carbocycles. The largest absolute Gasteiger partial charge is 0.457 e. The number of para-hydroxylation sites is 1. The van der Waals surface area contributed by atoms with Crippen LogP contribution in [0.4, 0.5) is 5.69 Å². The molecule has 1 N–H and O–H groups in total. The number of hydrogen-bond acceptors (Lipinski definition) is 4. The Morgan fingerprint density at radius 1 is 0.828 bits per heavy atom. The molecule has 0 aromatic heterocycles. The minimum atomic E-state index is -0.211. The van der Waals surface area contributed by atoms with Crippen LogP contribution in [0.25, 0.3) is 0 Å². The number of piperazine rings is 1. The van der Waals surface area contributed by atoms with Gasteiger partial charge < -0.3 is 19.9 Å². The van der Waals surface area contributed by atoms with Crippen molar-refractivity contribution in [2.45, 2.75) is 19.8 Å². The Labute approximate surface area is 170 Å². The van der Waals surface area contributed by atoms with Crippen molar-refractivity contribution in [3.05, 3.63) is 54.6 Å². The number of benzene rings is 2. The fourth-order valence-corrected chi connectivity index (χ4v) is 3.10. The third-order valence-corrected chi connectivity index (χ3v) is 4.76. The van der Waals surface area contributed by atoms with E-state index < -0.39 is 0 Å². The summed E-state index contributed by atoms with van der Waals surface area (Å²) >= 11 is 0. The standard InChI is InChI=1S/C22H25N3O4/c1-17(26)24-13-15-25(16-14-24)22(28)12-11-21(27)23-18-7-9-20(10-8-18)29-19-5-3-2-4-6-19/h2-10H,11-16H2,1H3,(H,23,27). The van der Waals surface area contributed by atoms with Crippen molar-refractivity contribution in [2.75, 3.05) is 31.5 Å². The highest BCUT2D eigenvalue weighted by atomic mass is 16.5. The predicted octanol–water partition coefficient (Wildman–Crippen LogP) is 2.89. The minimum absolute atomic E-state index is 0.0247. The summed E-state index contributed by atoms with van der Waals surface area (Å²) in [5, 5.41) is 2.80. The van der Waals surface area contributed by atoms with Crippen LogP contribution in [0, 0.1) is 0 Å². The predicted molar refractivity (Wildman–Crippen MR) is 110 cm³/mol. The highest BCUT2D eigenvalue weighted by Gasteiger charge is 2.22. The second-order valence-electron chi connectivity index (χ2n) is 6.87. The maximum atomic E-state index is 12.3. The van der Waals surface area contributed by atoms with E-state index in [4.69, 9.17) is 4.74 Å². The Balaban J connectivity index is 1.41. The first-order valence-electron chi connectivity index (χ1n) is 9.67. The number of nitrogens with one attached hydrogen (secondary N) is 1. The molecule has 7 heteroatoms. The van der Waals surface area contributed by atoms with Gasteiger partial charge in [-0.25, -0.2) is 0 Å². The van der Waals surface area contributed by atoms with Gasteiger partial charge in [0.15, 0.2) is 0 Å². The molecular formula is C22H25N3O4. The Bertz CT molecular complexity index is 844. The first-order valence-corrected chi connectivity index (χ1v) is 9.67. The lowest BCUT2D eigenvalue weighted by molar-refractivity contribution is -0.138. The van der Waals surface area contributed by atoms with Gasteiger partial charge in [-0.3, -0.25) is 14.4 Å². The normalized spacial score (nSPS) is 13.7. The minimum Gasteiger partial charge on any atom is -0.457 e. The molecular weight excluding hydrogens is 370 g/mol. The maximum absolute atomic E-state index is 12.3. The molecule has 0 aliphatic carbocycles. The summed E-state index contributed by atoms with van der Waals surface area (Å²) in [6.07, 6.45) is 0.273. The van der Waals surface area contributed by atoms with Crippen molar-refractivity contribution in [3.8, 4) is 11.5 Å². The van der Waals surface area contributed by atoms with E-state index in [-0.39, 0.29) is 30.6 Å². The highest BCUT2D eigenvalue weighted by Crippen LogP contribution is 2.22. The molecule has 1 heterocycles. The van der Waals surface area contributed by atoms with Gasteiger partial charge in [-0.1, -0.05) is 18.2 Å². The molecule has 0 spiro atoms. The van der Waals surface area contributed by atoms with E-state index in [1.807, 2.05) is 30.3 Å². The Morgan fingerprint density at radius 2 is 1.41 bits per heavy atom. The van der Waals surface area contributed by atoms with Crippen molar-refractivity contribution < 1.29 is 19.1 Å². The lowest BCUT2D eigenvalue weighted by atomic mass is 10.2. The van der Waals surface area contributed by atoms with Crippen LogP contribution in [0.2, 0.25) is 0 Å². The van der Waals surface area contributed by atoms with Gasteiger partial charge in [0.2, 0.25) is 17.7 Å². The van der Waals surface area contributed by atoms with Crippen LogP contribution in [-0.2, 0) is 14.4 Å². The van der Waals surface area contributed by atoms with Crippen LogP contribution in [0.15, 0.2) is 54.6 Å². The molecule has 2 aromatic rings. The summed E-state index contributed by atoms with van der Waals surface area (Å²) in [4.78, 5) is 39.2. The molecule has 152 valence electrons. The number of anilines is 1. The molecule has 0 radical (unpaired) electrons. The third kappa shape index (κ3) is 6.07. The van der Waals surface area contributed by atoms with Gasteiger partial charge in [0.05, 0.1) is 0 Å². The van der Waals surface area contributed by atoms with Crippen molar-refractivity contribution in [1.82, 2.24) is 9.80 Å². The van der Waals surface area contributed by atoms with E-state index in [0.717, 1.165) is 5.75 Å². The van der Waals surface area contributed by atoms with Crippen molar-refractivity contribution in [3.63, 3.8) is 0 Å². The highest BCUT2D eigenvalue weighted by molar-refractivity contribution is 5.93. The first kappa shape index (κ1) is 20.4. The number of carbonyl (C=O) groups excluding carboxylic acids is 3. The van der Waals surface area contributed by atoms with Crippen molar-refractivity contribution in [2.24, 2.45) is 0 Å². The molecule has 0 unspecified atom stereocenters. The van der Waals surface area contributed by atoms with E-state index in [9.17, 15) is 14.4 Å². The molecule has 0 atom stereocenters. The zero-order chi connectivity index (χ0) is 20.6. The molecule has 29 heavy (non-hydrogen) atoms. The van der Waals surface area contributed by atoms with Crippen LogP contribution in [0.3, 0.4) is 0 Å². The van der Waals surface area contributed by atoms with Crippen molar-refractivity contribution in [1.29, 1.82) is 0 Å². The zero-order valence-corrected chi connectivity index (χ0v) is 16.5. The van der Waals surface area contributed by atoms with Crippen LogP contribution in [0.5, 0.6) is 11.5 Å². The topological polar surface area (TPSA) is 79.0 Å². The first-order chi connectivity index (χ1) is 14.0. The smallest absolute Gasteiger partial charge is 0.224 e. The number of nitrogens with zero attached hydrogens (tertiary/aromatic N) is 2. The Morgan fingerprint density at radius 3 is 2.03 bits per heavy atom. The Hall–Kier alpha value is -3.35. The quantitative estimate of drug-likeness (QED) is 0.816. The number of carbonyl (C=O) groups is 3. The molecule has 0 bridgehead atoms. The third-order valence-electron chi connectivity index (χ3n) is 4.76. The zero-order valence-electron chi connectivity index (χ0n) is 16.5. The fourth-order valence-electron chi connectivity index (χ4n) is 3.10. The SMILES string of the molecule is CC(=O)N1CCN(C(=O)CCC(=O)Nc2ccc(Oc3ccccc3)cc2)CC1. The molecule has 3 amide bonds.